The van der Waals surface area contributed by atoms with Crippen molar-refractivity contribution in [2.45, 2.75) is 23.6 Å². The summed E-state index contributed by atoms with van der Waals surface area (Å²) in [6, 6.07) is 7.26. The van der Waals surface area contributed by atoms with E-state index in [-0.39, 0.29) is 11.8 Å². The number of allylic oxidation sites excluding steroid dienone is 5. The summed E-state index contributed by atoms with van der Waals surface area (Å²) in [5.74, 6) is -0.771. The SMILES string of the molecule is C=C(/C=C\C(=C(/C)F)C(F)F)C1C(c2ccc(OC)cc2)C1(Cl)Cl. The first-order chi connectivity index (χ1) is 11.2. The van der Waals surface area contributed by atoms with Crippen molar-refractivity contribution >= 4 is 23.2 Å². The average molecular weight is 377 g/mol. The van der Waals surface area contributed by atoms with Crippen molar-refractivity contribution < 1.29 is 17.9 Å². The summed E-state index contributed by atoms with van der Waals surface area (Å²) in [5, 5.41) is 0. The van der Waals surface area contributed by atoms with E-state index in [1.807, 2.05) is 12.1 Å². The van der Waals surface area contributed by atoms with E-state index in [0.29, 0.717) is 11.3 Å². The molecule has 1 aromatic carbocycles. The normalized spacial score (nSPS) is 23.3. The van der Waals surface area contributed by atoms with Gasteiger partial charge in [0.2, 0.25) is 0 Å². The lowest BCUT2D eigenvalue weighted by molar-refractivity contribution is 0.190. The van der Waals surface area contributed by atoms with Crippen molar-refractivity contribution in [2.75, 3.05) is 7.11 Å². The molecule has 0 bridgehead atoms. The van der Waals surface area contributed by atoms with Gasteiger partial charge < -0.3 is 4.74 Å². The van der Waals surface area contributed by atoms with Crippen LogP contribution in [0.4, 0.5) is 13.2 Å². The third kappa shape index (κ3) is 3.81. The first kappa shape index (κ1) is 18.9. The summed E-state index contributed by atoms with van der Waals surface area (Å²) >= 11 is 12.6. The van der Waals surface area contributed by atoms with Crippen LogP contribution in [0.15, 0.2) is 60.0 Å². The average Bonchev–Trinajstić information content (AvgIpc) is 3.09. The van der Waals surface area contributed by atoms with Gasteiger partial charge in [0.25, 0.3) is 6.43 Å². The van der Waals surface area contributed by atoms with Crippen LogP contribution >= 0.6 is 23.2 Å². The molecule has 0 aliphatic heterocycles. The molecule has 1 aliphatic rings. The summed E-state index contributed by atoms with van der Waals surface area (Å²) in [5.41, 5.74) is 0.694. The van der Waals surface area contributed by atoms with Gasteiger partial charge in [-0.05, 0) is 30.2 Å². The molecule has 24 heavy (non-hydrogen) atoms. The first-order valence-electron chi connectivity index (χ1n) is 7.23. The molecule has 2 rings (SSSR count). The van der Waals surface area contributed by atoms with Crippen LogP contribution in [0.5, 0.6) is 5.75 Å². The summed E-state index contributed by atoms with van der Waals surface area (Å²) < 4.78 is 42.6. The van der Waals surface area contributed by atoms with Crippen LogP contribution in [-0.4, -0.2) is 17.9 Å². The van der Waals surface area contributed by atoms with E-state index in [2.05, 4.69) is 6.58 Å². The van der Waals surface area contributed by atoms with Crippen molar-refractivity contribution in [3.63, 3.8) is 0 Å². The van der Waals surface area contributed by atoms with E-state index >= 15 is 0 Å². The van der Waals surface area contributed by atoms with E-state index in [0.717, 1.165) is 18.6 Å². The molecule has 2 atom stereocenters. The predicted molar refractivity (Wildman–Crippen MR) is 91.8 cm³/mol. The molecule has 0 spiro atoms. The van der Waals surface area contributed by atoms with E-state index in [9.17, 15) is 13.2 Å². The number of halogens is 5. The molecule has 1 nitrogen and oxygen atoms in total. The van der Waals surface area contributed by atoms with Crippen molar-refractivity contribution in [1.29, 1.82) is 0 Å². The quantitative estimate of drug-likeness (QED) is 0.423. The molecule has 0 radical (unpaired) electrons. The van der Waals surface area contributed by atoms with Crippen LogP contribution in [0, 0.1) is 5.92 Å². The molecule has 1 aliphatic carbocycles. The third-order valence-corrected chi connectivity index (χ3v) is 4.98. The molecule has 2 unspecified atom stereocenters. The van der Waals surface area contributed by atoms with Gasteiger partial charge in [-0.25, -0.2) is 13.2 Å². The lowest BCUT2D eigenvalue weighted by Gasteiger charge is -2.03. The Morgan fingerprint density at radius 3 is 2.29 bits per heavy atom. The van der Waals surface area contributed by atoms with Gasteiger partial charge in [-0.3, -0.25) is 0 Å². The molecule has 1 aromatic rings. The molecular weight excluding hydrogens is 360 g/mol. The maximum atomic E-state index is 13.1. The molecular formula is C18H17Cl2F3O. The molecule has 6 heteroatoms. The van der Waals surface area contributed by atoms with E-state index in [4.69, 9.17) is 27.9 Å². The van der Waals surface area contributed by atoms with Crippen molar-refractivity contribution in [3.05, 3.63) is 65.5 Å². The molecule has 0 N–H and O–H groups in total. The van der Waals surface area contributed by atoms with Gasteiger partial charge in [0.1, 0.15) is 15.9 Å². The molecule has 0 heterocycles. The number of benzene rings is 1. The second-order valence-electron chi connectivity index (χ2n) is 5.60. The number of rotatable bonds is 6. The number of methoxy groups -OCH3 is 1. The fraction of sp³-hybridized carbons (Fsp3) is 0.333. The van der Waals surface area contributed by atoms with Gasteiger partial charge in [-0.1, -0.05) is 30.9 Å². The van der Waals surface area contributed by atoms with Crippen LogP contribution in [0.3, 0.4) is 0 Å². The Morgan fingerprint density at radius 1 is 1.25 bits per heavy atom. The summed E-state index contributed by atoms with van der Waals surface area (Å²) in [6.45, 7) is 4.83. The number of hydrogen-bond donors (Lipinski definition) is 0. The maximum absolute atomic E-state index is 13.1. The van der Waals surface area contributed by atoms with Gasteiger partial charge in [-0.2, -0.15) is 0 Å². The fourth-order valence-electron chi connectivity index (χ4n) is 2.65. The lowest BCUT2D eigenvalue weighted by Crippen LogP contribution is -1.96. The Balaban J connectivity index is 2.16. The maximum Gasteiger partial charge on any atom is 0.266 e. The minimum atomic E-state index is -2.90. The lowest BCUT2D eigenvalue weighted by atomic mass is 10.0. The number of ether oxygens (including phenoxy) is 1. The molecule has 0 aromatic heterocycles. The Hall–Kier alpha value is -1.39. The zero-order valence-electron chi connectivity index (χ0n) is 13.2. The molecule has 0 amide bonds. The molecule has 0 saturated heterocycles. The van der Waals surface area contributed by atoms with Crippen LogP contribution in [0.1, 0.15) is 18.4 Å². The highest BCUT2D eigenvalue weighted by Gasteiger charge is 2.64. The largest absolute Gasteiger partial charge is 0.497 e. The first-order valence-corrected chi connectivity index (χ1v) is 7.98. The summed E-state index contributed by atoms with van der Waals surface area (Å²) in [6.07, 6.45) is -0.527. The van der Waals surface area contributed by atoms with Crippen LogP contribution in [-0.2, 0) is 0 Å². The third-order valence-electron chi connectivity index (χ3n) is 4.04. The van der Waals surface area contributed by atoms with Gasteiger partial charge in [0, 0.05) is 17.4 Å². The smallest absolute Gasteiger partial charge is 0.266 e. The Kier molecular flexibility index (Phi) is 5.71. The van der Waals surface area contributed by atoms with Crippen molar-refractivity contribution in [2.24, 2.45) is 5.92 Å². The zero-order chi connectivity index (χ0) is 18.1. The standard InChI is InChI=1S/C18H17Cl2F3O/c1-10(4-9-14(11(2)21)17(22)23)15-16(18(15,19)20)12-5-7-13(24-3)8-6-12/h4-9,15-17H,1H2,2-3H3/b9-4-,14-11-. The van der Waals surface area contributed by atoms with E-state index in [1.165, 1.54) is 6.08 Å². The second kappa shape index (κ2) is 7.24. The molecule has 1 saturated carbocycles. The zero-order valence-corrected chi connectivity index (χ0v) is 14.7. The molecule has 1 fully saturated rings. The minimum Gasteiger partial charge on any atom is -0.497 e. The van der Waals surface area contributed by atoms with Crippen molar-refractivity contribution in [1.82, 2.24) is 0 Å². The van der Waals surface area contributed by atoms with Crippen molar-refractivity contribution in [3.8, 4) is 5.75 Å². The highest BCUT2D eigenvalue weighted by Crippen LogP contribution is 2.67. The number of hydrogen-bond acceptors (Lipinski definition) is 1. The highest BCUT2D eigenvalue weighted by atomic mass is 35.5. The Labute approximate surface area is 149 Å². The minimum absolute atomic E-state index is 0.214. The van der Waals surface area contributed by atoms with E-state index < -0.39 is 22.2 Å². The topological polar surface area (TPSA) is 9.23 Å². The van der Waals surface area contributed by atoms with E-state index in [1.54, 1.807) is 19.2 Å². The van der Waals surface area contributed by atoms with Crippen LogP contribution in [0.2, 0.25) is 0 Å². The van der Waals surface area contributed by atoms with Gasteiger partial charge in [-0.15, -0.1) is 23.2 Å². The second-order valence-corrected chi connectivity index (χ2v) is 7.05. The van der Waals surface area contributed by atoms with Crippen LogP contribution in [0.25, 0.3) is 0 Å². The fourth-order valence-corrected chi connectivity index (χ4v) is 3.56. The monoisotopic (exact) mass is 376 g/mol. The number of alkyl halides is 4. The Bertz CT molecular complexity index is 674. The summed E-state index contributed by atoms with van der Waals surface area (Å²) in [4.78, 5) is 0. The van der Waals surface area contributed by atoms with Gasteiger partial charge in [0.05, 0.1) is 7.11 Å². The van der Waals surface area contributed by atoms with Crippen LogP contribution < -0.4 is 4.74 Å². The summed E-state index contributed by atoms with van der Waals surface area (Å²) in [7, 11) is 1.57. The predicted octanol–water partition coefficient (Wildman–Crippen LogP) is 6.20. The Morgan fingerprint density at radius 2 is 1.83 bits per heavy atom. The molecule has 130 valence electrons. The van der Waals surface area contributed by atoms with Gasteiger partial charge in [0.15, 0.2) is 0 Å². The van der Waals surface area contributed by atoms with Gasteiger partial charge >= 0.3 is 0 Å². The highest BCUT2D eigenvalue weighted by molar-refractivity contribution is 6.52.